The number of benzene rings is 2. The van der Waals surface area contributed by atoms with Crippen LogP contribution in [0.5, 0.6) is 0 Å². The van der Waals surface area contributed by atoms with Crippen molar-refractivity contribution in [3.05, 3.63) is 69.2 Å². The number of urea groups is 1. The summed E-state index contributed by atoms with van der Waals surface area (Å²) in [5, 5.41) is 6.16. The maximum Gasteiger partial charge on any atom is 0.340 e. The Morgan fingerprint density at radius 2 is 1.91 bits per heavy atom. The van der Waals surface area contributed by atoms with Crippen LogP contribution in [0.1, 0.15) is 27.7 Å². The summed E-state index contributed by atoms with van der Waals surface area (Å²) >= 11 is 11.8. The molecule has 0 aliphatic carbocycles. The molecule has 2 aromatic rings. The van der Waals surface area contributed by atoms with E-state index in [2.05, 4.69) is 10.6 Å². The first kappa shape index (κ1) is 15.6. The Bertz CT molecular complexity index is 780. The molecular weight excluding hydrogens is 339 g/mol. The zero-order valence-corrected chi connectivity index (χ0v) is 13.3. The van der Waals surface area contributed by atoms with E-state index in [0.717, 1.165) is 5.56 Å². The Hall–Kier alpha value is -2.24. The minimum atomic E-state index is -0.785. The van der Waals surface area contributed by atoms with Gasteiger partial charge in [0.05, 0.1) is 15.6 Å². The van der Waals surface area contributed by atoms with Crippen molar-refractivity contribution in [1.29, 1.82) is 0 Å². The highest BCUT2D eigenvalue weighted by Crippen LogP contribution is 2.28. The second kappa shape index (κ2) is 6.48. The molecule has 0 fully saturated rings. The summed E-state index contributed by atoms with van der Waals surface area (Å²) in [6.07, 6.45) is -0.785. The molecule has 0 radical (unpaired) electrons. The number of amides is 2. The maximum absolute atomic E-state index is 12.0. The lowest BCUT2D eigenvalue weighted by Crippen LogP contribution is -2.37. The number of hydrogen-bond donors (Lipinski definition) is 2. The molecule has 2 N–H and O–H groups in total. The van der Waals surface area contributed by atoms with Crippen molar-refractivity contribution in [3.8, 4) is 0 Å². The molecule has 0 bridgehead atoms. The number of rotatable bonds is 3. The van der Waals surface area contributed by atoms with Gasteiger partial charge >= 0.3 is 12.0 Å². The number of cyclic esters (lactones) is 1. The topological polar surface area (TPSA) is 67.4 Å². The first-order valence-corrected chi connectivity index (χ1v) is 7.58. The van der Waals surface area contributed by atoms with E-state index >= 15 is 0 Å². The van der Waals surface area contributed by atoms with Crippen LogP contribution in [0.25, 0.3) is 0 Å². The third kappa shape index (κ3) is 3.41. The molecular formula is C16H12Cl2N2O3. The second-order valence-electron chi connectivity index (χ2n) is 4.95. The van der Waals surface area contributed by atoms with E-state index in [-0.39, 0.29) is 6.54 Å². The van der Waals surface area contributed by atoms with Crippen LogP contribution < -0.4 is 10.6 Å². The molecule has 5 nitrogen and oxygen atoms in total. The predicted molar refractivity (Wildman–Crippen MR) is 86.4 cm³/mol. The smallest absolute Gasteiger partial charge is 0.340 e. The minimum Gasteiger partial charge on any atom is -0.434 e. The van der Waals surface area contributed by atoms with Crippen LogP contribution in [-0.2, 0) is 11.3 Å². The van der Waals surface area contributed by atoms with E-state index < -0.39 is 18.2 Å². The van der Waals surface area contributed by atoms with Gasteiger partial charge in [-0.15, -0.1) is 0 Å². The molecule has 2 aromatic carbocycles. The van der Waals surface area contributed by atoms with E-state index in [1.165, 1.54) is 0 Å². The summed E-state index contributed by atoms with van der Waals surface area (Å²) in [6, 6.07) is 11.6. The number of ether oxygens (including phenoxy) is 1. The van der Waals surface area contributed by atoms with Crippen LogP contribution in [0.15, 0.2) is 42.5 Å². The van der Waals surface area contributed by atoms with Crippen molar-refractivity contribution in [1.82, 2.24) is 10.6 Å². The number of hydrogen-bond acceptors (Lipinski definition) is 3. The molecule has 7 heteroatoms. The van der Waals surface area contributed by atoms with Crippen LogP contribution in [-0.4, -0.2) is 12.0 Å². The first-order valence-electron chi connectivity index (χ1n) is 6.83. The van der Waals surface area contributed by atoms with Crippen molar-refractivity contribution in [3.63, 3.8) is 0 Å². The maximum atomic E-state index is 12.0. The molecule has 0 spiro atoms. The second-order valence-corrected chi connectivity index (χ2v) is 5.76. The van der Waals surface area contributed by atoms with Gasteiger partial charge in [0, 0.05) is 12.1 Å². The Morgan fingerprint density at radius 3 is 2.70 bits per heavy atom. The molecule has 2 amide bonds. The van der Waals surface area contributed by atoms with Gasteiger partial charge in [-0.05, 0) is 23.8 Å². The quantitative estimate of drug-likeness (QED) is 0.830. The summed E-state index contributed by atoms with van der Waals surface area (Å²) in [4.78, 5) is 23.7. The van der Waals surface area contributed by atoms with Crippen molar-refractivity contribution < 1.29 is 14.3 Å². The predicted octanol–water partition coefficient (Wildman–Crippen LogP) is 3.66. The molecule has 1 aliphatic rings. The van der Waals surface area contributed by atoms with Crippen LogP contribution in [0.3, 0.4) is 0 Å². The first-order chi connectivity index (χ1) is 11.0. The summed E-state index contributed by atoms with van der Waals surface area (Å²) in [5.41, 5.74) is 1.91. The molecule has 0 saturated carbocycles. The molecule has 1 aliphatic heterocycles. The van der Waals surface area contributed by atoms with E-state index in [1.807, 2.05) is 0 Å². The Labute approximate surface area is 142 Å². The van der Waals surface area contributed by atoms with Crippen molar-refractivity contribution in [2.75, 3.05) is 0 Å². The standard InChI is InChI=1S/C16H12Cl2N2O3/c17-12-6-5-9(7-13(12)18)8-19-16(22)20-14-10-3-1-2-4-11(10)15(21)23-14/h1-7,14H,8H2,(H2,19,20,22). The summed E-state index contributed by atoms with van der Waals surface area (Å²) in [6.45, 7) is 0.269. The number of carbonyl (C=O) groups excluding carboxylic acids is 2. The van der Waals surface area contributed by atoms with Gasteiger partial charge in [-0.3, -0.25) is 5.32 Å². The minimum absolute atomic E-state index is 0.269. The molecule has 1 heterocycles. The van der Waals surface area contributed by atoms with Gasteiger partial charge < -0.3 is 10.1 Å². The van der Waals surface area contributed by atoms with Gasteiger partial charge in [-0.25, -0.2) is 9.59 Å². The normalized spacial score (nSPS) is 15.7. The molecule has 3 rings (SSSR count). The van der Waals surface area contributed by atoms with E-state index in [4.69, 9.17) is 27.9 Å². The third-order valence-electron chi connectivity index (χ3n) is 3.39. The number of fused-ring (bicyclic) bond motifs is 1. The molecule has 0 saturated heterocycles. The van der Waals surface area contributed by atoms with E-state index in [0.29, 0.717) is 21.2 Å². The van der Waals surface area contributed by atoms with Crippen LogP contribution in [0.2, 0.25) is 10.0 Å². The fourth-order valence-electron chi connectivity index (χ4n) is 2.25. The molecule has 1 unspecified atom stereocenters. The molecule has 1 atom stereocenters. The zero-order chi connectivity index (χ0) is 16.4. The Kier molecular flexibility index (Phi) is 4.41. The number of esters is 1. The highest BCUT2D eigenvalue weighted by molar-refractivity contribution is 6.42. The van der Waals surface area contributed by atoms with E-state index in [1.54, 1.807) is 42.5 Å². The highest BCUT2D eigenvalue weighted by atomic mass is 35.5. The van der Waals surface area contributed by atoms with E-state index in [9.17, 15) is 9.59 Å². The lowest BCUT2D eigenvalue weighted by molar-refractivity contribution is 0.0337. The number of carbonyl (C=O) groups is 2. The van der Waals surface area contributed by atoms with Gasteiger partial charge in [0.15, 0.2) is 0 Å². The third-order valence-corrected chi connectivity index (χ3v) is 4.13. The highest BCUT2D eigenvalue weighted by Gasteiger charge is 2.31. The monoisotopic (exact) mass is 350 g/mol. The SMILES string of the molecule is O=C(NCc1ccc(Cl)c(Cl)c1)NC1OC(=O)c2ccccc21. The number of halogens is 2. The Balaban J connectivity index is 1.60. The Morgan fingerprint density at radius 1 is 1.13 bits per heavy atom. The van der Waals surface area contributed by atoms with Crippen molar-refractivity contribution >= 4 is 35.2 Å². The lowest BCUT2D eigenvalue weighted by Gasteiger charge is -2.14. The van der Waals surface area contributed by atoms with Gasteiger partial charge in [0.25, 0.3) is 0 Å². The largest absolute Gasteiger partial charge is 0.434 e. The molecule has 23 heavy (non-hydrogen) atoms. The van der Waals surface area contributed by atoms with Gasteiger partial charge in [-0.1, -0.05) is 47.5 Å². The van der Waals surface area contributed by atoms with Gasteiger partial charge in [0.1, 0.15) is 0 Å². The van der Waals surface area contributed by atoms with Crippen molar-refractivity contribution in [2.24, 2.45) is 0 Å². The fraction of sp³-hybridized carbons (Fsp3) is 0.125. The van der Waals surface area contributed by atoms with Crippen LogP contribution in [0, 0.1) is 0 Å². The lowest BCUT2D eigenvalue weighted by atomic mass is 10.1. The average Bonchev–Trinajstić information content (AvgIpc) is 2.85. The molecule has 118 valence electrons. The number of nitrogens with one attached hydrogen (secondary N) is 2. The van der Waals surface area contributed by atoms with Gasteiger partial charge in [-0.2, -0.15) is 0 Å². The average molecular weight is 351 g/mol. The molecule has 0 aromatic heterocycles. The fourth-order valence-corrected chi connectivity index (χ4v) is 2.58. The summed E-state index contributed by atoms with van der Waals surface area (Å²) in [5.74, 6) is -0.449. The van der Waals surface area contributed by atoms with Crippen molar-refractivity contribution in [2.45, 2.75) is 12.8 Å². The zero-order valence-electron chi connectivity index (χ0n) is 11.8. The van der Waals surface area contributed by atoms with Crippen LogP contribution in [0.4, 0.5) is 4.79 Å². The summed E-state index contributed by atoms with van der Waals surface area (Å²) < 4.78 is 5.14. The van der Waals surface area contributed by atoms with Crippen LogP contribution >= 0.6 is 23.2 Å². The van der Waals surface area contributed by atoms with Gasteiger partial charge in [0.2, 0.25) is 6.23 Å². The summed E-state index contributed by atoms with van der Waals surface area (Å²) in [7, 11) is 0.